The van der Waals surface area contributed by atoms with E-state index in [2.05, 4.69) is 22.9 Å². The Bertz CT molecular complexity index is 558. The van der Waals surface area contributed by atoms with Crippen LogP contribution in [-0.2, 0) is 9.59 Å². The molecule has 0 bridgehead atoms. The maximum atomic E-state index is 12.5. The lowest BCUT2D eigenvalue weighted by molar-refractivity contribution is -0.123. The molecule has 1 aromatic carbocycles. The lowest BCUT2D eigenvalue weighted by Gasteiger charge is -2.30. The summed E-state index contributed by atoms with van der Waals surface area (Å²) < 4.78 is 0. The minimum absolute atomic E-state index is 0.0527. The number of nitrogens with one attached hydrogen (secondary N) is 3. The van der Waals surface area contributed by atoms with Crippen molar-refractivity contribution >= 4 is 17.5 Å². The fourth-order valence-corrected chi connectivity index (χ4v) is 3.16. The average molecular weight is 287 g/mol. The van der Waals surface area contributed by atoms with Gasteiger partial charge in [-0.1, -0.05) is 18.2 Å². The Balaban J connectivity index is 1.65. The fraction of sp³-hybridized carbons (Fsp3) is 0.500. The van der Waals surface area contributed by atoms with E-state index in [1.807, 2.05) is 24.3 Å². The van der Waals surface area contributed by atoms with Crippen molar-refractivity contribution in [2.75, 3.05) is 11.9 Å². The summed E-state index contributed by atoms with van der Waals surface area (Å²) >= 11 is 0. The molecular formula is C16H21N3O2. The first kappa shape index (κ1) is 13.9. The molecule has 2 aliphatic rings. The molecule has 2 amide bonds. The van der Waals surface area contributed by atoms with Crippen molar-refractivity contribution in [2.24, 2.45) is 0 Å². The highest BCUT2D eigenvalue weighted by Gasteiger charge is 2.30. The number of amides is 2. The van der Waals surface area contributed by atoms with Gasteiger partial charge < -0.3 is 16.0 Å². The molecule has 0 aromatic heterocycles. The van der Waals surface area contributed by atoms with Gasteiger partial charge in [0.25, 0.3) is 0 Å². The van der Waals surface area contributed by atoms with Crippen LogP contribution in [0.2, 0.25) is 0 Å². The van der Waals surface area contributed by atoms with Gasteiger partial charge in [0.15, 0.2) is 0 Å². The number of carbonyl (C=O) groups excluding carboxylic acids is 2. The van der Waals surface area contributed by atoms with E-state index in [0.717, 1.165) is 24.1 Å². The fourth-order valence-electron chi connectivity index (χ4n) is 3.16. The van der Waals surface area contributed by atoms with Crippen LogP contribution in [0.3, 0.4) is 0 Å². The number of hydrogen-bond donors (Lipinski definition) is 3. The van der Waals surface area contributed by atoms with Gasteiger partial charge in [0.2, 0.25) is 11.8 Å². The number of benzene rings is 1. The van der Waals surface area contributed by atoms with Gasteiger partial charge in [-0.05, 0) is 31.4 Å². The number of anilines is 1. The van der Waals surface area contributed by atoms with Crippen molar-refractivity contribution in [3.8, 4) is 0 Å². The summed E-state index contributed by atoms with van der Waals surface area (Å²) in [6.45, 7) is 2.61. The smallest absolute Gasteiger partial charge is 0.227 e. The number of para-hydroxylation sites is 1. The van der Waals surface area contributed by atoms with Crippen molar-refractivity contribution < 1.29 is 9.59 Å². The van der Waals surface area contributed by atoms with Crippen LogP contribution >= 0.6 is 0 Å². The van der Waals surface area contributed by atoms with E-state index in [0.29, 0.717) is 13.0 Å². The minimum Gasteiger partial charge on any atom is -0.382 e. The predicted octanol–water partition coefficient (Wildman–Crippen LogP) is 1.37. The first-order chi connectivity index (χ1) is 10.1. The van der Waals surface area contributed by atoms with Gasteiger partial charge >= 0.3 is 0 Å². The maximum Gasteiger partial charge on any atom is 0.227 e. The van der Waals surface area contributed by atoms with Crippen LogP contribution in [0.5, 0.6) is 0 Å². The third-order valence-corrected chi connectivity index (χ3v) is 4.25. The molecule has 21 heavy (non-hydrogen) atoms. The Morgan fingerprint density at radius 3 is 2.90 bits per heavy atom. The number of rotatable bonds is 3. The molecule has 0 aliphatic carbocycles. The van der Waals surface area contributed by atoms with Gasteiger partial charge in [0.05, 0.1) is 5.92 Å². The van der Waals surface area contributed by atoms with E-state index >= 15 is 0 Å². The summed E-state index contributed by atoms with van der Waals surface area (Å²) in [7, 11) is 0. The quantitative estimate of drug-likeness (QED) is 0.786. The van der Waals surface area contributed by atoms with Gasteiger partial charge in [-0.2, -0.15) is 0 Å². The third-order valence-electron chi connectivity index (χ3n) is 4.25. The van der Waals surface area contributed by atoms with E-state index in [1.165, 1.54) is 0 Å². The summed E-state index contributed by atoms with van der Waals surface area (Å²) in [6, 6.07) is 8.33. The molecule has 2 heterocycles. The van der Waals surface area contributed by atoms with Crippen LogP contribution < -0.4 is 16.0 Å². The number of fused-ring (bicyclic) bond motifs is 1. The van der Waals surface area contributed by atoms with Crippen LogP contribution in [0.1, 0.15) is 37.7 Å². The second-order valence-electron chi connectivity index (χ2n) is 5.97. The van der Waals surface area contributed by atoms with Crippen LogP contribution in [0.15, 0.2) is 24.3 Å². The Morgan fingerprint density at radius 1 is 1.33 bits per heavy atom. The molecule has 1 fully saturated rings. The summed E-state index contributed by atoms with van der Waals surface area (Å²) in [5.41, 5.74) is 2.11. The molecule has 5 nitrogen and oxygen atoms in total. The molecule has 5 heteroatoms. The molecule has 0 radical (unpaired) electrons. The van der Waals surface area contributed by atoms with Crippen LogP contribution in [0.4, 0.5) is 5.69 Å². The lowest BCUT2D eigenvalue weighted by atomic mass is 9.87. The second kappa shape index (κ2) is 5.76. The van der Waals surface area contributed by atoms with Crippen molar-refractivity contribution in [2.45, 2.75) is 44.2 Å². The Kier molecular flexibility index (Phi) is 3.82. The molecule has 3 atom stereocenters. The topological polar surface area (TPSA) is 70.2 Å². The summed E-state index contributed by atoms with van der Waals surface area (Å²) in [4.78, 5) is 23.7. The lowest BCUT2D eigenvalue weighted by Crippen LogP contribution is -2.42. The molecule has 1 saturated heterocycles. The minimum atomic E-state index is -0.116. The van der Waals surface area contributed by atoms with E-state index in [1.54, 1.807) is 0 Å². The predicted molar refractivity (Wildman–Crippen MR) is 81.1 cm³/mol. The van der Waals surface area contributed by atoms with Crippen LogP contribution in [-0.4, -0.2) is 30.4 Å². The summed E-state index contributed by atoms with van der Waals surface area (Å²) in [5, 5.41) is 9.28. The molecule has 112 valence electrons. The number of carbonyl (C=O) groups is 2. The molecule has 0 saturated carbocycles. The highest BCUT2D eigenvalue weighted by Crippen LogP contribution is 2.34. The van der Waals surface area contributed by atoms with Crippen molar-refractivity contribution in [1.82, 2.24) is 10.6 Å². The van der Waals surface area contributed by atoms with Gasteiger partial charge in [0, 0.05) is 30.7 Å². The molecule has 3 N–H and O–H groups in total. The monoisotopic (exact) mass is 287 g/mol. The van der Waals surface area contributed by atoms with Gasteiger partial charge in [-0.25, -0.2) is 0 Å². The van der Waals surface area contributed by atoms with E-state index in [4.69, 9.17) is 0 Å². The summed E-state index contributed by atoms with van der Waals surface area (Å²) in [6.07, 6.45) is 2.16. The zero-order valence-electron chi connectivity index (χ0n) is 12.2. The Morgan fingerprint density at radius 2 is 2.14 bits per heavy atom. The number of hydrogen-bond acceptors (Lipinski definition) is 3. The van der Waals surface area contributed by atoms with Gasteiger partial charge in [-0.3, -0.25) is 9.59 Å². The van der Waals surface area contributed by atoms with Gasteiger partial charge in [0.1, 0.15) is 0 Å². The molecule has 0 spiro atoms. The molecule has 3 unspecified atom stereocenters. The standard InChI is InChI=1S/C16H21N3O2/c1-10-8-13(12-4-2-3-5-14(12)18-10)16(21)17-9-11-6-7-15(20)19-11/h2-5,10-11,13,18H,6-9H2,1H3,(H,17,21)(H,19,20). The first-order valence-electron chi connectivity index (χ1n) is 7.56. The van der Waals surface area contributed by atoms with Crippen LogP contribution in [0.25, 0.3) is 0 Å². The molecule has 2 aliphatic heterocycles. The highest BCUT2D eigenvalue weighted by molar-refractivity contribution is 5.86. The average Bonchev–Trinajstić information content (AvgIpc) is 2.89. The summed E-state index contributed by atoms with van der Waals surface area (Å²) in [5.74, 6) is 0.0154. The van der Waals surface area contributed by atoms with E-state index in [9.17, 15) is 9.59 Å². The van der Waals surface area contributed by atoms with Crippen molar-refractivity contribution in [3.63, 3.8) is 0 Å². The van der Waals surface area contributed by atoms with Gasteiger partial charge in [-0.15, -0.1) is 0 Å². The normalized spacial score (nSPS) is 27.5. The third kappa shape index (κ3) is 3.01. The molecule has 1 aromatic rings. The largest absolute Gasteiger partial charge is 0.382 e. The zero-order valence-corrected chi connectivity index (χ0v) is 12.2. The van der Waals surface area contributed by atoms with Crippen LogP contribution in [0, 0.1) is 0 Å². The molecule has 3 rings (SSSR count). The first-order valence-corrected chi connectivity index (χ1v) is 7.56. The van der Waals surface area contributed by atoms with Crippen molar-refractivity contribution in [3.05, 3.63) is 29.8 Å². The molecular weight excluding hydrogens is 266 g/mol. The SMILES string of the molecule is CC1CC(C(=O)NCC2CCC(=O)N2)c2ccccc2N1. The highest BCUT2D eigenvalue weighted by atomic mass is 16.2. The maximum absolute atomic E-state index is 12.5. The second-order valence-corrected chi connectivity index (χ2v) is 5.97. The van der Waals surface area contributed by atoms with Crippen molar-refractivity contribution in [1.29, 1.82) is 0 Å². The van der Waals surface area contributed by atoms with E-state index < -0.39 is 0 Å². The Hall–Kier alpha value is -2.04. The van der Waals surface area contributed by atoms with E-state index in [-0.39, 0.29) is 29.8 Å². The zero-order chi connectivity index (χ0) is 14.8. The Labute approximate surface area is 124 Å².